The van der Waals surface area contributed by atoms with Crippen molar-refractivity contribution in [3.63, 3.8) is 0 Å². The summed E-state index contributed by atoms with van der Waals surface area (Å²) in [4.78, 5) is 12.0. The molecule has 0 bridgehead atoms. The Hall–Kier alpha value is -1.39. The normalized spacial score (nSPS) is 24.1. The molecule has 4 heteroatoms. The summed E-state index contributed by atoms with van der Waals surface area (Å²) in [6.07, 6.45) is 1.87. The van der Waals surface area contributed by atoms with Gasteiger partial charge in [-0.3, -0.25) is 4.79 Å². The number of nitrogens with two attached hydrogens (primary N) is 1. The van der Waals surface area contributed by atoms with E-state index in [4.69, 9.17) is 10.5 Å². The van der Waals surface area contributed by atoms with E-state index in [1.54, 1.807) is 0 Å². The van der Waals surface area contributed by atoms with Crippen molar-refractivity contribution in [3.8, 4) is 0 Å². The van der Waals surface area contributed by atoms with Crippen LogP contribution in [0.3, 0.4) is 0 Å². The number of hydrogen-bond acceptors (Lipinski definition) is 3. The lowest BCUT2D eigenvalue weighted by Gasteiger charge is -2.33. The molecule has 1 aliphatic heterocycles. The highest BCUT2D eigenvalue weighted by Gasteiger charge is 2.29. The molecule has 0 saturated carbocycles. The minimum absolute atomic E-state index is 0.0140. The van der Waals surface area contributed by atoms with E-state index in [1.807, 2.05) is 6.92 Å². The van der Waals surface area contributed by atoms with Crippen LogP contribution in [0.2, 0.25) is 0 Å². The molecule has 3 atom stereocenters. The Morgan fingerprint density at radius 2 is 2.15 bits per heavy atom. The van der Waals surface area contributed by atoms with Gasteiger partial charge in [0.05, 0.1) is 6.04 Å². The summed E-state index contributed by atoms with van der Waals surface area (Å²) in [5.41, 5.74) is 7.90. The number of aryl methyl sites for hydroxylation is 1. The molecular weight excluding hydrogens is 252 g/mol. The lowest BCUT2D eigenvalue weighted by Crippen LogP contribution is -2.45. The monoisotopic (exact) mass is 276 g/mol. The molecule has 1 saturated heterocycles. The Morgan fingerprint density at radius 3 is 2.80 bits per heavy atom. The number of rotatable bonds is 4. The fourth-order valence-electron chi connectivity index (χ4n) is 2.45. The minimum atomic E-state index is -0.157. The SMILES string of the molecule is Cc1ccc(C2OCCCC2NC(=O)C(C)CN)cc1. The van der Waals surface area contributed by atoms with Gasteiger partial charge in [-0.15, -0.1) is 0 Å². The molecule has 20 heavy (non-hydrogen) atoms. The van der Waals surface area contributed by atoms with Gasteiger partial charge in [-0.25, -0.2) is 0 Å². The number of nitrogens with one attached hydrogen (secondary N) is 1. The number of benzene rings is 1. The number of amides is 1. The summed E-state index contributed by atoms with van der Waals surface area (Å²) in [7, 11) is 0. The molecule has 0 radical (unpaired) electrons. The zero-order valence-electron chi connectivity index (χ0n) is 12.3. The van der Waals surface area contributed by atoms with Crippen molar-refractivity contribution in [1.29, 1.82) is 0 Å². The maximum Gasteiger partial charge on any atom is 0.224 e. The summed E-state index contributed by atoms with van der Waals surface area (Å²) in [5.74, 6) is -0.143. The molecule has 1 amide bonds. The lowest BCUT2D eigenvalue weighted by molar-refractivity contribution is -0.127. The number of carbonyl (C=O) groups is 1. The summed E-state index contributed by atoms with van der Waals surface area (Å²) in [6.45, 7) is 5.03. The molecule has 2 rings (SSSR count). The molecule has 3 unspecified atom stereocenters. The van der Waals surface area contributed by atoms with E-state index in [1.165, 1.54) is 5.56 Å². The Kier molecular flexibility index (Phi) is 5.15. The third-order valence-electron chi connectivity index (χ3n) is 3.86. The third-order valence-corrected chi connectivity index (χ3v) is 3.86. The van der Waals surface area contributed by atoms with Crippen LogP contribution in [0.25, 0.3) is 0 Å². The van der Waals surface area contributed by atoms with Gasteiger partial charge in [0, 0.05) is 19.1 Å². The molecule has 1 aromatic rings. The second-order valence-corrected chi connectivity index (χ2v) is 5.60. The van der Waals surface area contributed by atoms with Crippen molar-refractivity contribution in [2.75, 3.05) is 13.2 Å². The first-order valence-electron chi connectivity index (χ1n) is 7.30. The smallest absolute Gasteiger partial charge is 0.224 e. The van der Waals surface area contributed by atoms with Gasteiger partial charge < -0.3 is 15.8 Å². The first-order chi connectivity index (χ1) is 9.61. The predicted octanol–water partition coefficient (Wildman–Crippen LogP) is 1.93. The van der Waals surface area contributed by atoms with Crippen molar-refractivity contribution in [3.05, 3.63) is 35.4 Å². The largest absolute Gasteiger partial charge is 0.371 e. The van der Waals surface area contributed by atoms with Gasteiger partial charge in [0.25, 0.3) is 0 Å². The van der Waals surface area contributed by atoms with Crippen molar-refractivity contribution in [2.45, 2.75) is 38.8 Å². The van der Waals surface area contributed by atoms with E-state index in [9.17, 15) is 4.79 Å². The molecule has 1 heterocycles. The fourth-order valence-corrected chi connectivity index (χ4v) is 2.45. The van der Waals surface area contributed by atoms with Gasteiger partial charge >= 0.3 is 0 Å². The molecule has 0 aromatic heterocycles. The van der Waals surface area contributed by atoms with Crippen LogP contribution in [0.4, 0.5) is 0 Å². The van der Waals surface area contributed by atoms with E-state index in [2.05, 4.69) is 36.5 Å². The fraction of sp³-hybridized carbons (Fsp3) is 0.562. The molecule has 4 nitrogen and oxygen atoms in total. The highest BCUT2D eigenvalue weighted by Crippen LogP contribution is 2.28. The third kappa shape index (κ3) is 3.58. The van der Waals surface area contributed by atoms with Crippen molar-refractivity contribution in [2.24, 2.45) is 11.7 Å². The highest BCUT2D eigenvalue weighted by atomic mass is 16.5. The van der Waals surface area contributed by atoms with Gasteiger partial charge in [0.1, 0.15) is 6.10 Å². The standard InChI is InChI=1S/C16H24N2O2/c1-11-5-7-13(8-6-11)15-14(4-3-9-20-15)18-16(19)12(2)10-17/h5-8,12,14-15H,3-4,9-10,17H2,1-2H3,(H,18,19). The number of carbonyl (C=O) groups excluding carboxylic acids is 1. The zero-order chi connectivity index (χ0) is 14.5. The van der Waals surface area contributed by atoms with Crippen LogP contribution in [-0.4, -0.2) is 25.1 Å². The number of ether oxygens (including phenoxy) is 1. The first kappa shape index (κ1) is 15.0. The predicted molar refractivity (Wildman–Crippen MR) is 79.3 cm³/mol. The molecule has 1 aromatic carbocycles. The number of hydrogen-bond donors (Lipinski definition) is 2. The summed E-state index contributed by atoms with van der Waals surface area (Å²) in [6, 6.07) is 8.35. The lowest BCUT2D eigenvalue weighted by atomic mass is 9.94. The van der Waals surface area contributed by atoms with Crippen LogP contribution in [-0.2, 0) is 9.53 Å². The second kappa shape index (κ2) is 6.86. The van der Waals surface area contributed by atoms with Crippen molar-refractivity contribution in [1.82, 2.24) is 5.32 Å². The van der Waals surface area contributed by atoms with Crippen LogP contribution in [0.5, 0.6) is 0 Å². The molecule has 3 N–H and O–H groups in total. The molecule has 1 aliphatic rings. The van der Waals surface area contributed by atoms with Gasteiger partial charge in [0.15, 0.2) is 0 Å². The maximum absolute atomic E-state index is 12.0. The van der Waals surface area contributed by atoms with Crippen LogP contribution in [0.15, 0.2) is 24.3 Å². The van der Waals surface area contributed by atoms with Crippen molar-refractivity contribution < 1.29 is 9.53 Å². The molecular formula is C16H24N2O2. The molecule has 0 spiro atoms. The average molecular weight is 276 g/mol. The van der Waals surface area contributed by atoms with E-state index >= 15 is 0 Å². The van der Waals surface area contributed by atoms with Crippen LogP contribution < -0.4 is 11.1 Å². The highest BCUT2D eigenvalue weighted by molar-refractivity contribution is 5.78. The van der Waals surface area contributed by atoms with Gasteiger partial charge in [-0.2, -0.15) is 0 Å². The quantitative estimate of drug-likeness (QED) is 0.883. The maximum atomic E-state index is 12.0. The summed E-state index contributed by atoms with van der Waals surface area (Å²) < 4.78 is 5.88. The zero-order valence-corrected chi connectivity index (χ0v) is 12.3. The second-order valence-electron chi connectivity index (χ2n) is 5.60. The molecule has 0 aliphatic carbocycles. The van der Waals surface area contributed by atoms with E-state index < -0.39 is 0 Å². The molecule has 110 valence electrons. The summed E-state index contributed by atoms with van der Waals surface area (Å²) in [5, 5.41) is 3.09. The summed E-state index contributed by atoms with van der Waals surface area (Å²) >= 11 is 0. The Labute approximate surface area is 120 Å². The topological polar surface area (TPSA) is 64.3 Å². The molecule has 1 fully saturated rings. The first-order valence-corrected chi connectivity index (χ1v) is 7.30. The van der Waals surface area contributed by atoms with Gasteiger partial charge in [-0.05, 0) is 25.3 Å². The van der Waals surface area contributed by atoms with Gasteiger partial charge in [-0.1, -0.05) is 36.8 Å². The van der Waals surface area contributed by atoms with Crippen LogP contribution in [0.1, 0.15) is 37.0 Å². The van der Waals surface area contributed by atoms with Crippen LogP contribution >= 0.6 is 0 Å². The van der Waals surface area contributed by atoms with Gasteiger partial charge in [0.2, 0.25) is 5.91 Å². The van der Waals surface area contributed by atoms with E-state index in [-0.39, 0.29) is 24.0 Å². The van der Waals surface area contributed by atoms with Crippen LogP contribution in [0, 0.1) is 12.8 Å². The Morgan fingerprint density at radius 1 is 1.45 bits per heavy atom. The average Bonchev–Trinajstić information content (AvgIpc) is 2.48. The van der Waals surface area contributed by atoms with E-state index in [0.29, 0.717) is 6.54 Å². The van der Waals surface area contributed by atoms with Crippen molar-refractivity contribution >= 4 is 5.91 Å². The Balaban J connectivity index is 2.09. The van der Waals surface area contributed by atoms with E-state index in [0.717, 1.165) is 25.0 Å². The minimum Gasteiger partial charge on any atom is -0.371 e. The Bertz CT molecular complexity index is 444.